The highest BCUT2D eigenvalue weighted by atomic mass is 16.7. The molecule has 1 heterocycles. The van der Waals surface area contributed by atoms with Crippen LogP contribution in [0.25, 0.3) is 0 Å². The van der Waals surface area contributed by atoms with Crippen molar-refractivity contribution in [2.24, 2.45) is 17.0 Å². The molecule has 1 saturated heterocycles. The van der Waals surface area contributed by atoms with Gasteiger partial charge < -0.3 is 19.4 Å². The largest absolute Gasteiger partial charge is 0.477 e. The number of benzene rings is 1. The average Bonchev–Trinajstić information content (AvgIpc) is 2.66. The molecule has 0 amide bonds. The van der Waals surface area contributed by atoms with Gasteiger partial charge in [0.2, 0.25) is 0 Å². The average molecular weight is 406 g/mol. The number of ether oxygens (including phenoxy) is 2. The highest BCUT2D eigenvalue weighted by Gasteiger charge is 2.43. The summed E-state index contributed by atoms with van der Waals surface area (Å²) >= 11 is 0. The number of hydrogen-bond acceptors (Lipinski definition) is 5. The first-order valence-electron chi connectivity index (χ1n) is 10.5. The molecular formula is C23H35NO5. The summed E-state index contributed by atoms with van der Waals surface area (Å²) in [7, 11) is 0. The van der Waals surface area contributed by atoms with Crippen LogP contribution in [-0.2, 0) is 25.5 Å². The fraction of sp³-hybridized carbons (Fsp3) is 0.652. The summed E-state index contributed by atoms with van der Waals surface area (Å²) in [6.45, 7) is 10.7. The molecule has 162 valence electrons. The lowest BCUT2D eigenvalue weighted by Crippen LogP contribution is -2.51. The third-order valence-electron chi connectivity index (χ3n) is 5.31. The molecule has 1 aliphatic rings. The van der Waals surface area contributed by atoms with Crippen LogP contribution in [0.2, 0.25) is 0 Å². The summed E-state index contributed by atoms with van der Waals surface area (Å²) in [6, 6.07) is 8.49. The Labute approximate surface area is 174 Å². The van der Waals surface area contributed by atoms with Gasteiger partial charge in [0, 0.05) is 12.8 Å². The van der Waals surface area contributed by atoms with Crippen LogP contribution < -0.4 is 0 Å². The van der Waals surface area contributed by atoms with Gasteiger partial charge in [0.15, 0.2) is 0 Å². The zero-order valence-electron chi connectivity index (χ0n) is 18.3. The summed E-state index contributed by atoms with van der Waals surface area (Å²) in [5, 5.41) is 13.4. The van der Waals surface area contributed by atoms with Crippen molar-refractivity contribution in [2.75, 3.05) is 13.2 Å². The summed E-state index contributed by atoms with van der Waals surface area (Å²) in [6.07, 6.45) is 3.66. The Bertz CT molecular complexity index is 685. The van der Waals surface area contributed by atoms with Gasteiger partial charge in [0.1, 0.15) is 6.61 Å². The number of unbranched alkanes of at least 4 members (excludes halogenated alkanes) is 1. The third kappa shape index (κ3) is 7.12. The van der Waals surface area contributed by atoms with E-state index in [1.54, 1.807) is 0 Å². The molecule has 0 saturated carbocycles. The van der Waals surface area contributed by atoms with Crippen LogP contribution in [0, 0.1) is 11.8 Å². The van der Waals surface area contributed by atoms with E-state index < -0.39 is 11.8 Å². The zero-order valence-corrected chi connectivity index (χ0v) is 18.3. The maximum Gasteiger partial charge on any atom is 0.364 e. The molecule has 3 unspecified atom stereocenters. The number of aliphatic carboxylic acids is 1. The molecule has 6 nitrogen and oxygen atoms in total. The smallest absolute Gasteiger partial charge is 0.364 e. The van der Waals surface area contributed by atoms with Crippen LogP contribution in [0.1, 0.15) is 65.0 Å². The van der Waals surface area contributed by atoms with Crippen molar-refractivity contribution in [3.05, 3.63) is 35.4 Å². The zero-order chi connectivity index (χ0) is 21.4. The third-order valence-corrected chi connectivity index (χ3v) is 5.31. The number of carboxylic acids is 1. The molecule has 0 radical (unpaired) electrons. The minimum Gasteiger partial charge on any atom is -0.477 e. The topological polar surface area (TPSA) is 77.4 Å². The number of rotatable bonds is 10. The van der Waals surface area contributed by atoms with Gasteiger partial charge in [-0.05, 0) is 56.6 Å². The second-order valence-electron chi connectivity index (χ2n) is 8.45. The van der Waals surface area contributed by atoms with Gasteiger partial charge in [-0.3, -0.25) is 0 Å². The lowest BCUT2D eigenvalue weighted by atomic mass is 9.96. The van der Waals surface area contributed by atoms with Gasteiger partial charge in [0.25, 0.3) is 5.79 Å². The molecule has 0 spiro atoms. The summed E-state index contributed by atoms with van der Waals surface area (Å²) in [5.41, 5.74) is 3.28. The van der Waals surface area contributed by atoms with E-state index in [9.17, 15) is 9.90 Å². The SMILES string of the molecule is CC(=NOCCCCC1COC(C)(C(=O)O)OC1C)c1ccc(CC(C)C)cc1. The van der Waals surface area contributed by atoms with Crippen molar-refractivity contribution in [1.29, 1.82) is 0 Å². The van der Waals surface area contributed by atoms with E-state index in [1.165, 1.54) is 12.5 Å². The molecule has 0 aliphatic carbocycles. The molecule has 1 aromatic carbocycles. The molecule has 0 aromatic heterocycles. The minimum atomic E-state index is -1.53. The van der Waals surface area contributed by atoms with Gasteiger partial charge in [-0.25, -0.2) is 4.79 Å². The first-order chi connectivity index (χ1) is 13.7. The summed E-state index contributed by atoms with van der Waals surface area (Å²) in [4.78, 5) is 16.7. The lowest BCUT2D eigenvalue weighted by Gasteiger charge is -2.39. The van der Waals surface area contributed by atoms with Gasteiger partial charge >= 0.3 is 5.97 Å². The molecule has 1 aliphatic heterocycles. The van der Waals surface area contributed by atoms with Crippen molar-refractivity contribution in [1.82, 2.24) is 0 Å². The minimum absolute atomic E-state index is 0.148. The Balaban J connectivity index is 1.67. The van der Waals surface area contributed by atoms with E-state index in [1.807, 2.05) is 13.8 Å². The van der Waals surface area contributed by atoms with Crippen molar-refractivity contribution >= 4 is 11.7 Å². The maximum atomic E-state index is 11.2. The van der Waals surface area contributed by atoms with Crippen molar-refractivity contribution < 1.29 is 24.2 Å². The summed E-state index contributed by atoms with van der Waals surface area (Å²) in [5.74, 6) is -1.77. The standard InChI is InChI=1S/C23H35NO5/c1-16(2)14-19-9-11-20(12-10-19)17(3)24-28-13-7-6-8-21-15-27-23(5,22(25)26)29-18(21)4/h9-12,16,18,21H,6-8,13-15H2,1-5H3,(H,25,26). The van der Waals surface area contributed by atoms with E-state index in [0.717, 1.165) is 37.0 Å². The first kappa shape index (κ1) is 23.4. The fourth-order valence-electron chi connectivity index (χ4n) is 3.44. The predicted octanol–water partition coefficient (Wildman–Crippen LogP) is 4.65. The molecule has 2 rings (SSSR count). The van der Waals surface area contributed by atoms with Crippen LogP contribution in [0.15, 0.2) is 29.4 Å². The van der Waals surface area contributed by atoms with E-state index in [0.29, 0.717) is 19.1 Å². The lowest BCUT2D eigenvalue weighted by molar-refractivity contribution is -0.292. The number of nitrogens with zero attached hydrogens (tertiary/aromatic N) is 1. The monoisotopic (exact) mass is 405 g/mol. The number of hydrogen-bond donors (Lipinski definition) is 1. The van der Waals surface area contributed by atoms with Crippen molar-refractivity contribution in [3.63, 3.8) is 0 Å². The molecular weight excluding hydrogens is 370 g/mol. The van der Waals surface area contributed by atoms with Crippen LogP contribution in [-0.4, -0.2) is 41.9 Å². The quantitative estimate of drug-likeness (QED) is 0.348. The predicted molar refractivity (Wildman–Crippen MR) is 113 cm³/mol. The second kappa shape index (κ2) is 10.7. The van der Waals surface area contributed by atoms with Crippen LogP contribution in [0.3, 0.4) is 0 Å². The molecule has 29 heavy (non-hydrogen) atoms. The fourth-order valence-corrected chi connectivity index (χ4v) is 3.44. The Hall–Kier alpha value is -1.92. The second-order valence-corrected chi connectivity index (χ2v) is 8.45. The van der Waals surface area contributed by atoms with Crippen LogP contribution in [0.5, 0.6) is 0 Å². The Morgan fingerprint density at radius 1 is 1.31 bits per heavy atom. The molecule has 1 fully saturated rings. The molecule has 3 atom stereocenters. The Morgan fingerprint density at radius 2 is 2.00 bits per heavy atom. The Morgan fingerprint density at radius 3 is 2.59 bits per heavy atom. The van der Waals surface area contributed by atoms with E-state index in [2.05, 4.69) is 43.3 Å². The van der Waals surface area contributed by atoms with Crippen molar-refractivity contribution in [3.8, 4) is 0 Å². The van der Waals surface area contributed by atoms with Crippen molar-refractivity contribution in [2.45, 2.75) is 72.2 Å². The van der Waals surface area contributed by atoms with Gasteiger partial charge in [-0.1, -0.05) is 43.3 Å². The van der Waals surface area contributed by atoms with E-state index in [4.69, 9.17) is 14.3 Å². The van der Waals surface area contributed by atoms with Crippen LogP contribution in [0.4, 0.5) is 0 Å². The number of carbonyl (C=O) groups is 1. The summed E-state index contributed by atoms with van der Waals surface area (Å²) < 4.78 is 11.0. The van der Waals surface area contributed by atoms with Gasteiger partial charge in [-0.2, -0.15) is 0 Å². The van der Waals surface area contributed by atoms with Gasteiger partial charge in [-0.15, -0.1) is 0 Å². The van der Waals surface area contributed by atoms with E-state index in [-0.39, 0.29) is 12.0 Å². The normalized spacial score (nSPS) is 25.2. The number of oxime groups is 1. The molecule has 1 N–H and O–H groups in total. The Kier molecular flexibility index (Phi) is 8.65. The van der Waals surface area contributed by atoms with Crippen LogP contribution >= 0.6 is 0 Å². The highest BCUT2D eigenvalue weighted by molar-refractivity contribution is 5.98. The number of carboxylic acid groups (broad SMARTS) is 1. The molecule has 1 aromatic rings. The maximum absolute atomic E-state index is 11.2. The van der Waals surface area contributed by atoms with E-state index >= 15 is 0 Å². The molecule has 6 heteroatoms. The molecule has 0 bridgehead atoms. The first-order valence-corrected chi connectivity index (χ1v) is 10.5. The highest BCUT2D eigenvalue weighted by Crippen LogP contribution is 2.29. The van der Waals surface area contributed by atoms with Gasteiger partial charge in [0.05, 0.1) is 18.4 Å².